The number of carbonyl (C=O) groups is 1. The quantitative estimate of drug-likeness (QED) is 0.860. The van der Waals surface area contributed by atoms with Crippen LogP contribution < -0.4 is 10.9 Å². The Hall–Kier alpha value is -2.47. The summed E-state index contributed by atoms with van der Waals surface area (Å²) in [6.45, 7) is 4.71. The molecule has 0 saturated carbocycles. The molecule has 6 nitrogen and oxygen atoms in total. The predicted molar refractivity (Wildman–Crippen MR) is 102 cm³/mol. The Labute approximate surface area is 153 Å². The summed E-state index contributed by atoms with van der Waals surface area (Å²) in [5.41, 5.74) is 1.32. The summed E-state index contributed by atoms with van der Waals surface area (Å²) in [4.78, 5) is 26.6. The van der Waals surface area contributed by atoms with Crippen molar-refractivity contribution in [2.45, 2.75) is 38.8 Å². The summed E-state index contributed by atoms with van der Waals surface area (Å²) >= 11 is 0. The molecule has 26 heavy (non-hydrogen) atoms. The lowest BCUT2D eigenvalue weighted by Gasteiger charge is -2.33. The zero-order valence-electron chi connectivity index (χ0n) is 15.2. The van der Waals surface area contributed by atoms with E-state index in [9.17, 15) is 9.59 Å². The molecule has 1 amide bonds. The number of hydrogen-bond acceptors (Lipinski definition) is 4. The summed E-state index contributed by atoms with van der Waals surface area (Å²) < 4.78 is 1.22. The monoisotopic (exact) mass is 354 g/mol. The van der Waals surface area contributed by atoms with Crippen molar-refractivity contribution in [2.24, 2.45) is 0 Å². The highest BCUT2D eigenvalue weighted by atomic mass is 16.2. The molecule has 0 radical (unpaired) electrons. The second-order valence-electron chi connectivity index (χ2n) is 6.81. The molecular weight excluding hydrogens is 328 g/mol. The van der Waals surface area contributed by atoms with E-state index >= 15 is 0 Å². The molecule has 0 bridgehead atoms. The van der Waals surface area contributed by atoms with Gasteiger partial charge in [0.25, 0.3) is 5.56 Å². The molecule has 2 heterocycles. The maximum atomic E-state index is 12.2. The molecule has 1 aromatic carbocycles. The molecular formula is C20H26N4O2. The number of aromatic nitrogens is 2. The number of amides is 1. The van der Waals surface area contributed by atoms with Gasteiger partial charge in [0.15, 0.2) is 0 Å². The van der Waals surface area contributed by atoms with Crippen molar-refractivity contribution in [3.63, 3.8) is 0 Å². The molecule has 138 valence electrons. The third-order valence-electron chi connectivity index (χ3n) is 4.89. The molecule has 1 aliphatic rings. The number of hydrogen-bond donors (Lipinski definition) is 1. The fraction of sp³-hybridized carbons (Fsp3) is 0.450. The van der Waals surface area contributed by atoms with Gasteiger partial charge in [-0.05, 0) is 32.4 Å². The third-order valence-corrected chi connectivity index (χ3v) is 4.89. The SMILES string of the molecule is C[C@H]1CCCCN1CCNC(=O)Cn1nc(-c2ccccc2)ccc1=O. The molecule has 0 spiro atoms. The topological polar surface area (TPSA) is 67.2 Å². The number of benzene rings is 1. The van der Waals surface area contributed by atoms with E-state index in [4.69, 9.17) is 0 Å². The van der Waals surface area contributed by atoms with Gasteiger partial charge in [-0.25, -0.2) is 4.68 Å². The van der Waals surface area contributed by atoms with Gasteiger partial charge >= 0.3 is 0 Å². The van der Waals surface area contributed by atoms with Gasteiger partial charge in [-0.3, -0.25) is 14.5 Å². The zero-order valence-corrected chi connectivity index (χ0v) is 15.2. The average molecular weight is 354 g/mol. The van der Waals surface area contributed by atoms with Crippen molar-refractivity contribution < 1.29 is 4.79 Å². The van der Waals surface area contributed by atoms with Crippen LogP contribution in [-0.4, -0.2) is 46.3 Å². The van der Waals surface area contributed by atoms with Gasteiger partial charge in [0.2, 0.25) is 5.91 Å². The van der Waals surface area contributed by atoms with Crippen LogP contribution in [0.4, 0.5) is 0 Å². The van der Waals surface area contributed by atoms with Crippen LogP contribution in [0.2, 0.25) is 0 Å². The molecule has 1 atom stereocenters. The second kappa shape index (κ2) is 8.76. The van der Waals surface area contributed by atoms with Crippen LogP contribution in [0.25, 0.3) is 11.3 Å². The van der Waals surface area contributed by atoms with Crippen molar-refractivity contribution in [3.05, 3.63) is 52.8 Å². The normalized spacial score (nSPS) is 17.8. The van der Waals surface area contributed by atoms with E-state index in [1.165, 1.54) is 30.0 Å². The third kappa shape index (κ3) is 4.79. The van der Waals surface area contributed by atoms with Crippen molar-refractivity contribution in [2.75, 3.05) is 19.6 Å². The van der Waals surface area contributed by atoms with Crippen LogP contribution >= 0.6 is 0 Å². The predicted octanol–water partition coefficient (Wildman–Crippen LogP) is 1.90. The first-order valence-corrected chi connectivity index (χ1v) is 9.28. The Morgan fingerprint density at radius 1 is 1.19 bits per heavy atom. The number of nitrogens with zero attached hydrogens (tertiary/aromatic N) is 3. The van der Waals surface area contributed by atoms with Crippen LogP contribution in [-0.2, 0) is 11.3 Å². The molecule has 2 aromatic rings. The van der Waals surface area contributed by atoms with E-state index < -0.39 is 0 Å². The van der Waals surface area contributed by atoms with E-state index in [2.05, 4.69) is 22.2 Å². The Morgan fingerprint density at radius 2 is 2.00 bits per heavy atom. The first-order chi connectivity index (χ1) is 12.6. The Balaban J connectivity index is 1.56. The number of carbonyl (C=O) groups excluding carboxylic acids is 1. The van der Waals surface area contributed by atoms with Crippen LogP contribution in [0, 0.1) is 0 Å². The van der Waals surface area contributed by atoms with Crippen molar-refractivity contribution in [1.29, 1.82) is 0 Å². The Morgan fingerprint density at radius 3 is 2.77 bits per heavy atom. The van der Waals surface area contributed by atoms with E-state index in [0.717, 1.165) is 18.7 Å². The Kier molecular flexibility index (Phi) is 6.17. The zero-order chi connectivity index (χ0) is 18.4. The highest BCUT2D eigenvalue weighted by Gasteiger charge is 2.17. The first-order valence-electron chi connectivity index (χ1n) is 9.28. The van der Waals surface area contributed by atoms with Gasteiger partial charge in [-0.1, -0.05) is 36.8 Å². The lowest BCUT2D eigenvalue weighted by molar-refractivity contribution is -0.122. The van der Waals surface area contributed by atoms with E-state index in [1.807, 2.05) is 30.3 Å². The molecule has 0 aliphatic carbocycles. The van der Waals surface area contributed by atoms with Gasteiger partial charge in [0.05, 0.1) is 5.69 Å². The summed E-state index contributed by atoms with van der Waals surface area (Å²) in [5, 5.41) is 7.23. The number of nitrogens with one attached hydrogen (secondary N) is 1. The lowest BCUT2D eigenvalue weighted by Crippen LogP contribution is -2.43. The molecule has 3 rings (SSSR count). The second-order valence-corrected chi connectivity index (χ2v) is 6.81. The fourth-order valence-corrected chi connectivity index (χ4v) is 3.35. The van der Waals surface area contributed by atoms with Crippen molar-refractivity contribution in [3.8, 4) is 11.3 Å². The number of piperidine rings is 1. The maximum Gasteiger partial charge on any atom is 0.267 e. The highest BCUT2D eigenvalue weighted by molar-refractivity contribution is 5.75. The fourth-order valence-electron chi connectivity index (χ4n) is 3.35. The molecule has 6 heteroatoms. The van der Waals surface area contributed by atoms with E-state index in [1.54, 1.807) is 6.07 Å². The molecule has 1 saturated heterocycles. The minimum absolute atomic E-state index is 0.0605. The molecule has 1 aromatic heterocycles. The largest absolute Gasteiger partial charge is 0.353 e. The highest BCUT2D eigenvalue weighted by Crippen LogP contribution is 2.15. The van der Waals surface area contributed by atoms with Gasteiger partial charge in [0, 0.05) is 30.8 Å². The maximum absolute atomic E-state index is 12.2. The molecule has 1 fully saturated rings. The minimum atomic E-state index is -0.274. The minimum Gasteiger partial charge on any atom is -0.353 e. The van der Waals surface area contributed by atoms with Gasteiger partial charge in [-0.15, -0.1) is 0 Å². The lowest BCUT2D eigenvalue weighted by atomic mass is 10.0. The van der Waals surface area contributed by atoms with Crippen LogP contribution in [0.3, 0.4) is 0 Å². The summed E-state index contributed by atoms with van der Waals surface area (Å²) in [6, 6.07) is 13.3. The Bertz CT molecular complexity index is 788. The van der Waals surface area contributed by atoms with Crippen LogP contribution in [0.1, 0.15) is 26.2 Å². The molecule has 0 unspecified atom stereocenters. The standard InChI is InChI=1S/C20H26N4O2/c1-16-7-5-6-13-23(16)14-12-21-19(25)15-24-20(26)11-10-18(22-24)17-8-3-2-4-9-17/h2-4,8-11,16H,5-7,12-15H2,1H3,(H,21,25)/t16-/m0/s1. The smallest absolute Gasteiger partial charge is 0.267 e. The van der Waals surface area contributed by atoms with Gasteiger partial charge in [-0.2, -0.15) is 5.10 Å². The van der Waals surface area contributed by atoms with Gasteiger partial charge < -0.3 is 5.32 Å². The van der Waals surface area contributed by atoms with Crippen LogP contribution in [0.5, 0.6) is 0 Å². The van der Waals surface area contributed by atoms with Crippen molar-refractivity contribution >= 4 is 5.91 Å². The number of likely N-dealkylation sites (tertiary alicyclic amines) is 1. The van der Waals surface area contributed by atoms with Crippen molar-refractivity contribution in [1.82, 2.24) is 20.0 Å². The number of rotatable bonds is 6. The summed E-state index contributed by atoms with van der Waals surface area (Å²) in [7, 11) is 0. The summed E-state index contributed by atoms with van der Waals surface area (Å²) in [6.07, 6.45) is 3.74. The van der Waals surface area contributed by atoms with E-state index in [0.29, 0.717) is 18.3 Å². The molecule has 1 N–H and O–H groups in total. The molecule has 1 aliphatic heterocycles. The van der Waals surface area contributed by atoms with Crippen LogP contribution in [0.15, 0.2) is 47.3 Å². The first kappa shape index (κ1) is 18.3. The average Bonchev–Trinajstić information content (AvgIpc) is 2.66. The summed E-state index contributed by atoms with van der Waals surface area (Å²) in [5.74, 6) is -0.186. The van der Waals surface area contributed by atoms with Gasteiger partial charge in [0.1, 0.15) is 6.54 Å². The van der Waals surface area contributed by atoms with E-state index in [-0.39, 0.29) is 18.0 Å².